The molecule has 0 bridgehead atoms. The first-order chi connectivity index (χ1) is 15.1. The molecule has 2 aromatic carbocycles. The van der Waals surface area contributed by atoms with Gasteiger partial charge in [0, 0.05) is 48.9 Å². The van der Waals surface area contributed by atoms with Gasteiger partial charge >= 0.3 is 0 Å². The maximum absolute atomic E-state index is 14.9. The summed E-state index contributed by atoms with van der Waals surface area (Å²) in [6.07, 6.45) is 3.83. The molecule has 2 atom stereocenters. The van der Waals surface area contributed by atoms with E-state index in [9.17, 15) is 8.78 Å². The van der Waals surface area contributed by atoms with Gasteiger partial charge in [-0.05, 0) is 56.9 Å². The van der Waals surface area contributed by atoms with Crippen molar-refractivity contribution in [3.05, 3.63) is 82.9 Å². The third-order valence-electron chi connectivity index (χ3n) is 6.70. The summed E-state index contributed by atoms with van der Waals surface area (Å²) in [5.74, 6) is 0.147. The Labute approximate surface area is 190 Å². The molecule has 1 aliphatic heterocycles. The Morgan fingerprint density at radius 2 is 1.72 bits per heavy atom. The smallest absolute Gasteiger partial charge is 0.129 e. The largest absolute Gasteiger partial charge is 0.303 e. The van der Waals surface area contributed by atoms with E-state index in [0.717, 1.165) is 24.1 Å². The predicted molar refractivity (Wildman–Crippen MR) is 126 cm³/mol. The van der Waals surface area contributed by atoms with E-state index in [1.807, 2.05) is 12.4 Å². The van der Waals surface area contributed by atoms with Gasteiger partial charge in [0.25, 0.3) is 0 Å². The van der Waals surface area contributed by atoms with Gasteiger partial charge in [-0.3, -0.25) is 4.90 Å². The van der Waals surface area contributed by atoms with Crippen LogP contribution in [0.25, 0.3) is 5.69 Å². The van der Waals surface area contributed by atoms with Gasteiger partial charge in [-0.2, -0.15) is 0 Å². The minimum atomic E-state index is -0.545. The molecule has 0 aliphatic carbocycles. The maximum atomic E-state index is 14.9. The molecule has 0 radical (unpaired) electrons. The van der Waals surface area contributed by atoms with Crippen molar-refractivity contribution in [3.8, 4) is 5.69 Å². The van der Waals surface area contributed by atoms with Gasteiger partial charge in [-0.25, -0.2) is 13.8 Å². The number of nitrogens with zero attached hydrogens (tertiary/aromatic N) is 3. The van der Waals surface area contributed by atoms with E-state index in [1.165, 1.54) is 17.2 Å². The molecule has 2 heterocycles. The minimum Gasteiger partial charge on any atom is -0.303 e. The molecule has 1 saturated heterocycles. The highest BCUT2D eigenvalue weighted by Gasteiger charge is 2.42. The lowest BCUT2D eigenvalue weighted by molar-refractivity contribution is 0.170. The normalized spacial score (nSPS) is 19.8. The van der Waals surface area contributed by atoms with Crippen molar-refractivity contribution in [1.82, 2.24) is 14.5 Å². The fourth-order valence-electron chi connectivity index (χ4n) is 4.88. The van der Waals surface area contributed by atoms with Crippen molar-refractivity contribution in [3.63, 3.8) is 0 Å². The molecular weight excluding hydrogens is 404 g/mol. The quantitative estimate of drug-likeness (QED) is 0.461. The highest BCUT2D eigenvalue weighted by atomic mass is 19.1. The third-order valence-corrected chi connectivity index (χ3v) is 6.70. The maximum Gasteiger partial charge on any atom is 0.129 e. The Morgan fingerprint density at radius 3 is 2.38 bits per heavy atom. The number of aryl methyl sites for hydroxylation is 1. The van der Waals surface area contributed by atoms with Gasteiger partial charge < -0.3 is 4.57 Å². The second kappa shape index (κ2) is 8.43. The SMILES string of the molecule is Cc1ccc(-n2ccnc2C2CN(C(C)(C)C)C[C@H]2c2ccc(F)cc2F)c(C(C)C)c1. The Bertz CT molecular complexity index is 1110. The average Bonchev–Trinajstić information content (AvgIpc) is 3.34. The van der Waals surface area contributed by atoms with Gasteiger partial charge in [0.1, 0.15) is 17.5 Å². The van der Waals surface area contributed by atoms with Crippen molar-refractivity contribution < 1.29 is 8.78 Å². The van der Waals surface area contributed by atoms with Gasteiger partial charge in [0.2, 0.25) is 0 Å². The van der Waals surface area contributed by atoms with Crippen LogP contribution in [0, 0.1) is 18.6 Å². The summed E-state index contributed by atoms with van der Waals surface area (Å²) in [5, 5.41) is 0. The van der Waals surface area contributed by atoms with Crippen LogP contribution in [0.4, 0.5) is 8.78 Å². The molecule has 32 heavy (non-hydrogen) atoms. The van der Waals surface area contributed by atoms with Crippen LogP contribution in [0.1, 0.15) is 74.9 Å². The lowest BCUT2D eigenvalue weighted by Crippen LogP contribution is -2.39. The van der Waals surface area contributed by atoms with Crippen molar-refractivity contribution in [2.24, 2.45) is 0 Å². The summed E-state index contributed by atoms with van der Waals surface area (Å²) in [7, 11) is 0. The van der Waals surface area contributed by atoms with E-state index in [4.69, 9.17) is 4.98 Å². The van der Waals surface area contributed by atoms with Crippen molar-refractivity contribution >= 4 is 0 Å². The number of halogens is 2. The second-order valence-electron chi connectivity index (χ2n) is 10.3. The van der Waals surface area contributed by atoms with Gasteiger partial charge in [-0.15, -0.1) is 0 Å². The fourth-order valence-corrected chi connectivity index (χ4v) is 4.88. The molecule has 3 aromatic rings. The molecule has 0 saturated carbocycles. The van der Waals surface area contributed by atoms with E-state index in [2.05, 4.69) is 69.2 Å². The number of likely N-dealkylation sites (tertiary alicyclic amines) is 1. The minimum absolute atomic E-state index is 0.00879. The van der Waals surface area contributed by atoms with Crippen LogP contribution in [0.3, 0.4) is 0 Å². The van der Waals surface area contributed by atoms with Crippen LogP contribution in [0.15, 0.2) is 48.8 Å². The molecular formula is C27H33F2N3. The topological polar surface area (TPSA) is 21.1 Å². The van der Waals surface area contributed by atoms with Crippen molar-refractivity contribution in [2.45, 2.75) is 64.8 Å². The number of benzene rings is 2. The summed E-state index contributed by atoms with van der Waals surface area (Å²) in [4.78, 5) is 7.15. The average molecular weight is 438 g/mol. The highest BCUT2D eigenvalue weighted by Crippen LogP contribution is 2.43. The van der Waals surface area contributed by atoms with Crippen molar-refractivity contribution in [1.29, 1.82) is 0 Å². The lowest BCUT2D eigenvalue weighted by Gasteiger charge is -2.31. The molecule has 1 unspecified atom stereocenters. The van der Waals surface area contributed by atoms with Crippen LogP contribution < -0.4 is 0 Å². The van der Waals surface area contributed by atoms with Crippen LogP contribution in [-0.4, -0.2) is 33.1 Å². The fraction of sp³-hybridized carbons (Fsp3) is 0.444. The van der Waals surface area contributed by atoms with E-state index in [-0.39, 0.29) is 17.4 Å². The summed E-state index contributed by atoms with van der Waals surface area (Å²) in [5.41, 5.74) is 4.11. The van der Waals surface area contributed by atoms with Crippen LogP contribution >= 0.6 is 0 Å². The number of hydrogen-bond acceptors (Lipinski definition) is 2. The summed E-state index contributed by atoms with van der Waals surface area (Å²) in [6, 6.07) is 10.5. The van der Waals surface area contributed by atoms with Gasteiger partial charge in [0.05, 0.1) is 5.69 Å². The number of hydrogen-bond donors (Lipinski definition) is 0. The molecule has 170 valence electrons. The standard InChI is InChI=1S/C27H33F2N3/c1-17(2)21-13-18(3)7-10-25(21)32-12-11-30-26(32)23-16-31(27(4,5)6)15-22(23)20-9-8-19(28)14-24(20)29/h7-14,17,22-23H,15-16H2,1-6H3/t22-,23?/m0/s1. The summed E-state index contributed by atoms with van der Waals surface area (Å²) >= 11 is 0. The first-order valence-electron chi connectivity index (χ1n) is 11.4. The van der Waals surface area contributed by atoms with Crippen molar-refractivity contribution in [2.75, 3.05) is 13.1 Å². The first kappa shape index (κ1) is 22.7. The summed E-state index contributed by atoms with van der Waals surface area (Å²) < 4.78 is 30.7. The lowest BCUT2D eigenvalue weighted by atomic mass is 9.87. The Hall–Kier alpha value is -2.53. The molecule has 0 N–H and O–H groups in total. The predicted octanol–water partition coefficient (Wildman–Crippen LogP) is 6.56. The van der Waals surface area contributed by atoms with E-state index in [1.54, 1.807) is 6.07 Å². The molecule has 4 rings (SSSR count). The molecule has 3 nitrogen and oxygen atoms in total. The Morgan fingerprint density at radius 1 is 1.00 bits per heavy atom. The van der Waals surface area contributed by atoms with Crippen LogP contribution in [-0.2, 0) is 0 Å². The van der Waals surface area contributed by atoms with Gasteiger partial charge in [0.15, 0.2) is 0 Å². The molecule has 0 amide bonds. The molecule has 5 heteroatoms. The second-order valence-corrected chi connectivity index (χ2v) is 10.3. The van der Waals surface area contributed by atoms with Crippen LogP contribution in [0.5, 0.6) is 0 Å². The van der Waals surface area contributed by atoms with Crippen LogP contribution in [0.2, 0.25) is 0 Å². The molecule has 1 aromatic heterocycles. The monoisotopic (exact) mass is 437 g/mol. The first-order valence-corrected chi connectivity index (χ1v) is 11.4. The zero-order valence-electron chi connectivity index (χ0n) is 19.9. The highest BCUT2D eigenvalue weighted by molar-refractivity contribution is 5.47. The Balaban J connectivity index is 1.83. The van der Waals surface area contributed by atoms with E-state index >= 15 is 0 Å². The van der Waals surface area contributed by atoms with E-state index in [0.29, 0.717) is 18.0 Å². The number of imidazole rings is 1. The molecule has 0 spiro atoms. The summed E-state index contributed by atoms with van der Waals surface area (Å²) in [6.45, 7) is 14.5. The number of aromatic nitrogens is 2. The third kappa shape index (κ3) is 4.23. The van der Waals surface area contributed by atoms with E-state index < -0.39 is 11.6 Å². The molecule has 1 fully saturated rings. The zero-order valence-corrected chi connectivity index (χ0v) is 19.9. The Kier molecular flexibility index (Phi) is 5.97. The van der Waals surface area contributed by atoms with Gasteiger partial charge in [-0.1, -0.05) is 37.6 Å². The number of rotatable bonds is 4. The zero-order chi connectivity index (χ0) is 23.2. The molecule has 1 aliphatic rings.